The normalized spacial score (nSPS) is 10.8. The van der Waals surface area contributed by atoms with Crippen LogP contribution in [0.1, 0.15) is 5.56 Å². The fourth-order valence-electron chi connectivity index (χ4n) is 2.42. The van der Waals surface area contributed by atoms with Gasteiger partial charge in [0.15, 0.2) is 6.61 Å². The minimum Gasteiger partial charge on any atom is -0.484 e. The SMILES string of the molecule is O=C(COc1ccc(F)cc1)NCCc1c[nH]c2ccc(F)cc12. The molecule has 1 heterocycles. The largest absolute Gasteiger partial charge is 0.484 e. The molecule has 4 nitrogen and oxygen atoms in total. The van der Waals surface area contributed by atoms with E-state index in [0.717, 1.165) is 16.5 Å². The van der Waals surface area contributed by atoms with Crippen molar-refractivity contribution >= 4 is 16.8 Å². The first-order valence-corrected chi connectivity index (χ1v) is 7.52. The van der Waals surface area contributed by atoms with Crippen LogP contribution in [0.2, 0.25) is 0 Å². The molecule has 0 bridgehead atoms. The van der Waals surface area contributed by atoms with Crippen molar-refractivity contribution in [3.8, 4) is 5.75 Å². The Hall–Kier alpha value is -2.89. The maximum Gasteiger partial charge on any atom is 0.257 e. The summed E-state index contributed by atoms with van der Waals surface area (Å²) in [5.74, 6) is -0.494. The molecule has 2 N–H and O–H groups in total. The van der Waals surface area contributed by atoms with Gasteiger partial charge in [0.25, 0.3) is 5.91 Å². The number of benzene rings is 2. The van der Waals surface area contributed by atoms with Gasteiger partial charge in [0.2, 0.25) is 0 Å². The molecule has 1 aromatic heterocycles. The Morgan fingerprint density at radius 3 is 2.62 bits per heavy atom. The topological polar surface area (TPSA) is 54.1 Å². The predicted molar refractivity (Wildman–Crippen MR) is 86.9 cm³/mol. The second-order valence-electron chi connectivity index (χ2n) is 5.35. The van der Waals surface area contributed by atoms with Crippen molar-refractivity contribution in [3.63, 3.8) is 0 Å². The van der Waals surface area contributed by atoms with E-state index in [1.807, 2.05) is 6.20 Å². The van der Waals surface area contributed by atoms with Crippen molar-refractivity contribution in [1.82, 2.24) is 10.3 Å². The smallest absolute Gasteiger partial charge is 0.257 e. The summed E-state index contributed by atoms with van der Waals surface area (Å²) in [6.07, 6.45) is 2.39. The van der Waals surface area contributed by atoms with Gasteiger partial charge >= 0.3 is 0 Å². The number of fused-ring (bicyclic) bond motifs is 1. The number of aromatic amines is 1. The molecule has 0 saturated heterocycles. The Morgan fingerprint density at radius 2 is 1.83 bits per heavy atom. The lowest BCUT2D eigenvalue weighted by molar-refractivity contribution is -0.123. The van der Waals surface area contributed by atoms with Gasteiger partial charge in [0.1, 0.15) is 17.4 Å². The molecule has 0 radical (unpaired) electrons. The van der Waals surface area contributed by atoms with Crippen LogP contribution >= 0.6 is 0 Å². The van der Waals surface area contributed by atoms with Crippen LogP contribution in [0.15, 0.2) is 48.7 Å². The molecule has 0 saturated carbocycles. The van der Waals surface area contributed by atoms with Crippen LogP contribution in [0.3, 0.4) is 0 Å². The van der Waals surface area contributed by atoms with Crippen molar-refractivity contribution in [1.29, 1.82) is 0 Å². The highest BCUT2D eigenvalue weighted by molar-refractivity contribution is 5.83. The maximum absolute atomic E-state index is 13.3. The molecule has 2 aromatic carbocycles. The summed E-state index contributed by atoms with van der Waals surface area (Å²) in [6, 6.07) is 10.0. The summed E-state index contributed by atoms with van der Waals surface area (Å²) < 4.78 is 31.3. The predicted octanol–water partition coefficient (Wildman–Crippen LogP) is 3.18. The van der Waals surface area contributed by atoms with Gasteiger partial charge in [-0.2, -0.15) is 0 Å². The summed E-state index contributed by atoms with van der Waals surface area (Å²) in [5, 5.41) is 3.55. The monoisotopic (exact) mass is 330 g/mol. The molecule has 0 spiro atoms. The van der Waals surface area contributed by atoms with Gasteiger partial charge in [-0.3, -0.25) is 4.79 Å². The summed E-state index contributed by atoms with van der Waals surface area (Å²) >= 11 is 0. The number of nitrogens with one attached hydrogen (secondary N) is 2. The van der Waals surface area contributed by atoms with Gasteiger partial charge < -0.3 is 15.0 Å². The Bertz CT molecular complexity index is 844. The molecule has 0 aliphatic heterocycles. The van der Waals surface area contributed by atoms with Crippen LogP contribution in [0, 0.1) is 11.6 Å². The molecule has 24 heavy (non-hydrogen) atoms. The van der Waals surface area contributed by atoms with E-state index in [-0.39, 0.29) is 24.1 Å². The molecule has 0 atom stereocenters. The zero-order chi connectivity index (χ0) is 16.9. The lowest BCUT2D eigenvalue weighted by atomic mass is 10.1. The van der Waals surface area contributed by atoms with Crippen molar-refractivity contribution in [2.24, 2.45) is 0 Å². The molecule has 1 amide bonds. The molecule has 0 unspecified atom stereocenters. The Balaban J connectivity index is 1.47. The number of carbonyl (C=O) groups excluding carboxylic acids is 1. The lowest BCUT2D eigenvalue weighted by Gasteiger charge is -2.07. The van der Waals surface area contributed by atoms with Gasteiger partial charge in [0.05, 0.1) is 0 Å². The van der Waals surface area contributed by atoms with Gasteiger partial charge in [0, 0.05) is 23.6 Å². The number of H-pyrrole nitrogens is 1. The van der Waals surface area contributed by atoms with Gasteiger partial charge in [-0.1, -0.05) is 0 Å². The van der Waals surface area contributed by atoms with Crippen LogP contribution < -0.4 is 10.1 Å². The molecule has 0 aliphatic carbocycles. The van der Waals surface area contributed by atoms with Gasteiger partial charge in [-0.15, -0.1) is 0 Å². The van der Waals surface area contributed by atoms with E-state index in [1.165, 1.54) is 36.4 Å². The van der Waals surface area contributed by atoms with E-state index < -0.39 is 0 Å². The first-order chi connectivity index (χ1) is 11.6. The third-order valence-corrected chi connectivity index (χ3v) is 3.63. The van der Waals surface area contributed by atoms with Crippen LogP contribution in [0.5, 0.6) is 5.75 Å². The number of halogens is 2. The van der Waals surface area contributed by atoms with Crippen molar-refractivity contribution < 1.29 is 18.3 Å². The lowest BCUT2D eigenvalue weighted by Crippen LogP contribution is -2.30. The molecule has 0 fully saturated rings. The zero-order valence-electron chi connectivity index (χ0n) is 12.8. The number of hydrogen-bond acceptors (Lipinski definition) is 2. The number of carbonyl (C=O) groups is 1. The Morgan fingerprint density at radius 1 is 1.08 bits per heavy atom. The van der Waals surface area contributed by atoms with Crippen LogP contribution in [0.4, 0.5) is 8.78 Å². The molecule has 6 heteroatoms. The first-order valence-electron chi connectivity index (χ1n) is 7.52. The maximum atomic E-state index is 13.3. The first kappa shape index (κ1) is 16.0. The zero-order valence-corrected chi connectivity index (χ0v) is 12.8. The molecular weight excluding hydrogens is 314 g/mol. The molecule has 124 valence electrons. The average Bonchev–Trinajstić information content (AvgIpc) is 2.97. The standard InChI is InChI=1S/C18H16F2N2O2/c19-13-1-4-15(5-2-13)24-11-18(23)21-8-7-12-10-22-17-6-3-14(20)9-16(12)17/h1-6,9-10,22H,7-8,11H2,(H,21,23). The average molecular weight is 330 g/mol. The number of rotatable bonds is 6. The summed E-state index contributed by atoms with van der Waals surface area (Å²) in [5.41, 5.74) is 1.79. The number of hydrogen-bond donors (Lipinski definition) is 2. The van der Waals surface area contributed by atoms with Gasteiger partial charge in [-0.05, 0) is 54.4 Å². The van der Waals surface area contributed by atoms with E-state index in [4.69, 9.17) is 4.74 Å². The van der Waals surface area contributed by atoms with Crippen molar-refractivity contribution in [2.75, 3.05) is 13.2 Å². The summed E-state index contributed by atoms with van der Waals surface area (Å²) in [4.78, 5) is 14.8. The van der Waals surface area contributed by atoms with E-state index in [2.05, 4.69) is 10.3 Å². The third-order valence-electron chi connectivity index (χ3n) is 3.63. The Labute approximate surface area is 137 Å². The number of amides is 1. The van der Waals surface area contributed by atoms with E-state index >= 15 is 0 Å². The molecule has 3 rings (SSSR count). The summed E-state index contributed by atoms with van der Waals surface area (Å²) in [6.45, 7) is 0.267. The second kappa shape index (κ2) is 7.12. The highest BCUT2D eigenvalue weighted by Crippen LogP contribution is 2.19. The molecular formula is C18H16F2N2O2. The number of aromatic nitrogens is 1. The van der Waals surface area contributed by atoms with Crippen LogP contribution in [-0.4, -0.2) is 24.0 Å². The van der Waals surface area contributed by atoms with E-state index in [1.54, 1.807) is 6.07 Å². The minimum atomic E-state index is -0.359. The second-order valence-corrected chi connectivity index (χ2v) is 5.35. The molecule has 0 aliphatic rings. The van der Waals surface area contributed by atoms with Crippen LogP contribution in [0.25, 0.3) is 10.9 Å². The van der Waals surface area contributed by atoms with E-state index in [9.17, 15) is 13.6 Å². The highest BCUT2D eigenvalue weighted by atomic mass is 19.1. The summed E-state index contributed by atoms with van der Waals surface area (Å²) in [7, 11) is 0. The van der Waals surface area contributed by atoms with E-state index in [0.29, 0.717) is 18.7 Å². The minimum absolute atomic E-state index is 0.145. The fraction of sp³-hybridized carbons (Fsp3) is 0.167. The quantitative estimate of drug-likeness (QED) is 0.729. The highest BCUT2D eigenvalue weighted by Gasteiger charge is 2.07. The Kier molecular flexibility index (Phi) is 4.74. The van der Waals surface area contributed by atoms with Gasteiger partial charge in [-0.25, -0.2) is 8.78 Å². The molecule has 3 aromatic rings. The van der Waals surface area contributed by atoms with Crippen molar-refractivity contribution in [2.45, 2.75) is 6.42 Å². The van der Waals surface area contributed by atoms with Crippen LogP contribution in [-0.2, 0) is 11.2 Å². The third kappa shape index (κ3) is 3.90. The van der Waals surface area contributed by atoms with Crippen molar-refractivity contribution in [3.05, 3.63) is 65.9 Å². The fourth-order valence-corrected chi connectivity index (χ4v) is 2.42. The number of ether oxygens (including phenoxy) is 1.